The fourth-order valence-corrected chi connectivity index (χ4v) is 2.49. The molecule has 0 fully saturated rings. The maximum Gasteiger partial charge on any atom is 0.255 e. The lowest BCUT2D eigenvalue weighted by Crippen LogP contribution is -2.25. The largest absolute Gasteiger partial charge is 0.488 e. The third kappa shape index (κ3) is 4.72. The molecule has 0 atom stereocenters. The number of hydrogen-bond donors (Lipinski definition) is 2. The van der Waals surface area contributed by atoms with Crippen LogP contribution in [-0.4, -0.2) is 29.3 Å². The van der Waals surface area contributed by atoms with Gasteiger partial charge in [-0.15, -0.1) is 0 Å². The normalized spacial score (nSPS) is 10.5. The van der Waals surface area contributed by atoms with Crippen LogP contribution in [0.25, 0.3) is 0 Å². The fraction of sp³-hybridized carbons (Fsp3) is 0.368. The van der Waals surface area contributed by atoms with E-state index in [0.717, 1.165) is 29.8 Å². The van der Waals surface area contributed by atoms with Gasteiger partial charge >= 0.3 is 0 Å². The molecule has 1 amide bonds. The van der Waals surface area contributed by atoms with Crippen LogP contribution in [0.1, 0.15) is 40.7 Å². The van der Waals surface area contributed by atoms with E-state index < -0.39 is 0 Å². The molecule has 2 N–H and O–H groups in total. The van der Waals surface area contributed by atoms with E-state index >= 15 is 0 Å². The van der Waals surface area contributed by atoms with Crippen molar-refractivity contribution in [3.8, 4) is 5.75 Å². The Hall–Kier alpha value is -2.56. The number of aromatic amines is 1. The molecule has 5 nitrogen and oxygen atoms in total. The summed E-state index contributed by atoms with van der Waals surface area (Å²) in [6, 6.07) is 7.26. The van der Waals surface area contributed by atoms with Gasteiger partial charge in [-0.25, -0.2) is 0 Å². The minimum absolute atomic E-state index is 0.118. The SMILES string of the molecule is C=C(C)COc1ccccc1C(=O)NCCCc1c(C)n[nH]c1C. The fourth-order valence-electron chi connectivity index (χ4n) is 2.49. The zero-order valence-corrected chi connectivity index (χ0v) is 14.6. The first-order valence-corrected chi connectivity index (χ1v) is 8.14. The van der Waals surface area contributed by atoms with Crippen molar-refractivity contribution in [2.24, 2.45) is 0 Å². The predicted molar refractivity (Wildman–Crippen MR) is 95.5 cm³/mol. The molecule has 24 heavy (non-hydrogen) atoms. The summed E-state index contributed by atoms with van der Waals surface area (Å²) in [5, 5.41) is 10.1. The van der Waals surface area contributed by atoms with Crippen molar-refractivity contribution in [1.82, 2.24) is 15.5 Å². The molecule has 2 rings (SSSR count). The van der Waals surface area contributed by atoms with Crippen LogP contribution in [0.5, 0.6) is 5.75 Å². The van der Waals surface area contributed by atoms with Gasteiger partial charge in [0.15, 0.2) is 0 Å². The Kier molecular flexibility index (Phi) is 6.18. The van der Waals surface area contributed by atoms with Crippen molar-refractivity contribution in [2.45, 2.75) is 33.6 Å². The van der Waals surface area contributed by atoms with Gasteiger partial charge in [0.05, 0.1) is 11.3 Å². The molecule has 0 saturated heterocycles. The van der Waals surface area contributed by atoms with Gasteiger partial charge in [-0.05, 0) is 56.9 Å². The van der Waals surface area contributed by atoms with Crippen LogP contribution in [-0.2, 0) is 6.42 Å². The number of hydrogen-bond acceptors (Lipinski definition) is 3. The Morgan fingerprint density at radius 3 is 2.75 bits per heavy atom. The van der Waals surface area contributed by atoms with E-state index in [-0.39, 0.29) is 5.91 Å². The maximum atomic E-state index is 12.4. The summed E-state index contributed by atoms with van der Waals surface area (Å²) in [7, 11) is 0. The number of aromatic nitrogens is 2. The maximum absolute atomic E-state index is 12.4. The summed E-state index contributed by atoms with van der Waals surface area (Å²) in [5.41, 5.74) is 4.81. The molecule has 0 aliphatic heterocycles. The zero-order chi connectivity index (χ0) is 17.5. The quantitative estimate of drug-likeness (QED) is 0.577. The number of ether oxygens (including phenoxy) is 1. The van der Waals surface area contributed by atoms with Crippen LogP contribution in [0.2, 0.25) is 0 Å². The highest BCUT2D eigenvalue weighted by Crippen LogP contribution is 2.18. The number of rotatable bonds is 8. The van der Waals surface area contributed by atoms with Crippen molar-refractivity contribution < 1.29 is 9.53 Å². The molecule has 1 aromatic heterocycles. The zero-order valence-electron chi connectivity index (χ0n) is 14.6. The first-order chi connectivity index (χ1) is 11.5. The number of amides is 1. The van der Waals surface area contributed by atoms with Crippen molar-refractivity contribution in [3.63, 3.8) is 0 Å². The lowest BCUT2D eigenvalue weighted by molar-refractivity contribution is 0.0949. The van der Waals surface area contributed by atoms with E-state index in [1.807, 2.05) is 32.9 Å². The Labute approximate surface area is 143 Å². The second kappa shape index (κ2) is 8.34. The summed E-state index contributed by atoms with van der Waals surface area (Å²) in [6.45, 7) is 10.7. The van der Waals surface area contributed by atoms with Gasteiger partial charge in [0, 0.05) is 12.2 Å². The second-order valence-corrected chi connectivity index (χ2v) is 6.01. The summed E-state index contributed by atoms with van der Waals surface area (Å²) < 4.78 is 5.64. The Morgan fingerprint density at radius 1 is 1.33 bits per heavy atom. The molecule has 0 unspecified atom stereocenters. The van der Waals surface area contributed by atoms with Gasteiger partial charge in [-0.1, -0.05) is 18.7 Å². The monoisotopic (exact) mass is 327 g/mol. The van der Waals surface area contributed by atoms with Crippen LogP contribution in [0, 0.1) is 13.8 Å². The van der Waals surface area contributed by atoms with E-state index in [9.17, 15) is 4.79 Å². The Morgan fingerprint density at radius 2 is 2.08 bits per heavy atom. The van der Waals surface area contributed by atoms with E-state index in [1.165, 1.54) is 5.56 Å². The van der Waals surface area contributed by atoms with E-state index in [1.54, 1.807) is 12.1 Å². The average Bonchev–Trinajstić information content (AvgIpc) is 2.88. The number of nitrogens with zero attached hydrogens (tertiary/aromatic N) is 1. The molecule has 0 saturated carbocycles. The molecule has 0 radical (unpaired) electrons. The number of carbonyl (C=O) groups is 1. The van der Waals surface area contributed by atoms with Crippen LogP contribution >= 0.6 is 0 Å². The molecule has 0 spiro atoms. The predicted octanol–water partition coefficient (Wildman–Crippen LogP) is 3.34. The van der Waals surface area contributed by atoms with Crippen molar-refractivity contribution in [3.05, 3.63) is 58.9 Å². The van der Waals surface area contributed by atoms with Crippen LogP contribution < -0.4 is 10.1 Å². The molecule has 0 aliphatic carbocycles. The molecular weight excluding hydrogens is 302 g/mol. The highest BCUT2D eigenvalue weighted by molar-refractivity contribution is 5.96. The van der Waals surface area contributed by atoms with Gasteiger partial charge in [-0.2, -0.15) is 5.10 Å². The number of benzene rings is 1. The van der Waals surface area contributed by atoms with E-state index in [2.05, 4.69) is 22.1 Å². The smallest absolute Gasteiger partial charge is 0.255 e. The molecule has 0 aliphatic rings. The lowest BCUT2D eigenvalue weighted by atomic mass is 10.1. The highest BCUT2D eigenvalue weighted by Gasteiger charge is 2.12. The topological polar surface area (TPSA) is 67.0 Å². The van der Waals surface area contributed by atoms with Crippen molar-refractivity contribution in [2.75, 3.05) is 13.2 Å². The van der Waals surface area contributed by atoms with Crippen LogP contribution in [0.3, 0.4) is 0 Å². The van der Waals surface area contributed by atoms with Gasteiger partial charge < -0.3 is 10.1 Å². The standard InChI is InChI=1S/C19H25N3O2/c1-13(2)12-24-18-10-6-5-8-17(18)19(23)20-11-7-9-16-14(3)21-22-15(16)4/h5-6,8,10H,1,7,9,11-12H2,2-4H3,(H,20,23)(H,21,22). The number of aryl methyl sites for hydroxylation is 2. The summed E-state index contributed by atoms with van der Waals surface area (Å²) in [5.74, 6) is 0.465. The highest BCUT2D eigenvalue weighted by atomic mass is 16.5. The molecule has 128 valence electrons. The molecule has 1 heterocycles. The third-order valence-electron chi connectivity index (χ3n) is 3.78. The van der Waals surface area contributed by atoms with Crippen molar-refractivity contribution >= 4 is 5.91 Å². The number of carbonyl (C=O) groups excluding carboxylic acids is 1. The minimum atomic E-state index is -0.118. The number of H-pyrrole nitrogens is 1. The molecule has 0 bridgehead atoms. The number of para-hydroxylation sites is 1. The van der Waals surface area contributed by atoms with Crippen LogP contribution in [0.4, 0.5) is 0 Å². The van der Waals surface area contributed by atoms with Gasteiger partial charge in [-0.3, -0.25) is 9.89 Å². The van der Waals surface area contributed by atoms with E-state index in [4.69, 9.17) is 4.74 Å². The molecular formula is C19H25N3O2. The average molecular weight is 327 g/mol. The molecule has 2 aromatic rings. The summed E-state index contributed by atoms with van der Waals surface area (Å²) >= 11 is 0. The van der Waals surface area contributed by atoms with E-state index in [0.29, 0.717) is 24.5 Å². The third-order valence-corrected chi connectivity index (χ3v) is 3.78. The first kappa shape index (κ1) is 17.8. The summed E-state index contributed by atoms with van der Waals surface area (Å²) in [4.78, 5) is 12.4. The first-order valence-electron chi connectivity index (χ1n) is 8.14. The lowest BCUT2D eigenvalue weighted by Gasteiger charge is -2.11. The Balaban J connectivity index is 1.87. The second-order valence-electron chi connectivity index (χ2n) is 6.01. The van der Waals surface area contributed by atoms with Crippen LogP contribution in [0.15, 0.2) is 36.4 Å². The Bertz CT molecular complexity index is 700. The molecule has 1 aromatic carbocycles. The minimum Gasteiger partial charge on any atom is -0.488 e. The van der Waals surface area contributed by atoms with Gasteiger partial charge in [0.2, 0.25) is 0 Å². The number of nitrogens with one attached hydrogen (secondary N) is 2. The van der Waals surface area contributed by atoms with Gasteiger partial charge in [0.1, 0.15) is 12.4 Å². The van der Waals surface area contributed by atoms with Crippen molar-refractivity contribution in [1.29, 1.82) is 0 Å². The summed E-state index contributed by atoms with van der Waals surface area (Å²) in [6.07, 6.45) is 1.75. The molecule has 5 heteroatoms. The van der Waals surface area contributed by atoms with Gasteiger partial charge in [0.25, 0.3) is 5.91 Å².